The number of hydrogen-bond donors (Lipinski definition) is 0. The zero-order chi connectivity index (χ0) is 14.7. The van der Waals surface area contributed by atoms with Crippen molar-refractivity contribution < 1.29 is 9.31 Å². The van der Waals surface area contributed by atoms with Gasteiger partial charge in [0.25, 0.3) is 0 Å². The molecule has 2 nitrogen and oxygen atoms in total. The Hall–Kier alpha value is -0.505. The van der Waals surface area contributed by atoms with Gasteiger partial charge in [0.05, 0.1) is 11.2 Å². The van der Waals surface area contributed by atoms with Gasteiger partial charge in [-0.05, 0) is 53.4 Å². The fourth-order valence-corrected chi connectivity index (χ4v) is 2.04. The van der Waals surface area contributed by atoms with E-state index in [1.54, 1.807) is 6.08 Å². The maximum atomic E-state index is 5.97. The lowest BCUT2D eigenvalue weighted by Crippen LogP contribution is -2.41. The molecular formula is C15H24BClO2. The van der Waals surface area contributed by atoms with E-state index in [0.29, 0.717) is 5.03 Å². The van der Waals surface area contributed by atoms with Gasteiger partial charge in [-0.25, -0.2) is 0 Å². The Balaban J connectivity index is 2.57. The minimum absolute atomic E-state index is 0.157. The minimum atomic E-state index is -0.262. The molecule has 106 valence electrons. The van der Waals surface area contributed by atoms with E-state index < -0.39 is 0 Å². The number of rotatable bonds is 5. The van der Waals surface area contributed by atoms with Crippen molar-refractivity contribution >= 4 is 18.7 Å². The second kappa shape index (κ2) is 6.30. The van der Waals surface area contributed by atoms with Crippen molar-refractivity contribution in [2.24, 2.45) is 0 Å². The van der Waals surface area contributed by atoms with Crippen LogP contribution >= 0.6 is 11.6 Å². The molecule has 0 radical (unpaired) electrons. The summed E-state index contributed by atoms with van der Waals surface area (Å²) < 4.78 is 11.9. The summed E-state index contributed by atoms with van der Waals surface area (Å²) in [6.45, 7) is 13.9. The standard InChI is InChI=1S/C15H24BClO2/c1-7-12(11-13(17)8-2)9-10-16-18-14(3,4)15(5,6)19-16/h7-8,11H,2,9-10H2,1,3-6H3/b12-7-,13-11+. The van der Waals surface area contributed by atoms with Crippen LogP contribution in [0, 0.1) is 0 Å². The second-order valence-electron chi connectivity index (χ2n) is 5.82. The van der Waals surface area contributed by atoms with E-state index in [0.717, 1.165) is 12.7 Å². The van der Waals surface area contributed by atoms with Crippen LogP contribution in [0.4, 0.5) is 0 Å². The van der Waals surface area contributed by atoms with Crippen molar-refractivity contribution in [1.82, 2.24) is 0 Å². The summed E-state index contributed by atoms with van der Waals surface area (Å²) in [6, 6.07) is 0. The maximum absolute atomic E-state index is 5.97. The molecule has 1 aliphatic rings. The summed E-state index contributed by atoms with van der Waals surface area (Å²) in [5.41, 5.74) is 0.643. The first-order chi connectivity index (χ1) is 8.71. The molecule has 0 atom stereocenters. The van der Waals surface area contributed by atoms with E-state index in [1.807, 2.05) is 13.0 Å². The van der Waals surface area contributed by atoms with Crippen molar-refractivity contribution in [2.75, 3.05) is 0 Å². The Labute approximate surface area is 122 Å². The zero-order valence-electron chi connectivity index (χ0n) is 12.6. The summed E-state index contributed by atoms with van der Waals surface area (Å²) in [5, 5.41) is 0.655. The molecule has 4 heteroatoms. The van der Waals surface area contributed by atoms with Crippen LogP contribution in [0.25, 0.3) is 0 Å². The minimum Gasteiger partial charge on any atom is -0.403 e. The predicted octanol–water partition coefficient (Wildman–Crippen LogP) is 4.72. The SMILES string of the molecule is C=C/C(Cl)=C\C(=C/C)CCB1OC(C)(C)C(C)(C)O1. The molecule has 0 aliphatic carbocycles. The Morgan fingerprint density at radius 2 is 1.74 bits per heavy atom. The van der Waals surface area contributed by atoms with Gasteiger partial charge in [-0.1, -0.05) is 35.9 Å². The topological polar surface area (TPSA) is 18.5 Å². The number of allylic oxidation sites excluding steroid dienone is 5. The molecule has 0 aromatic rings. The van der Waals surface area contributed by atoms with Gasteiger partial charge in [-0.3, -0.25) is 0 Å². The molecule has 1 fully saturated rings. The van der Waals surface area contributed by atoms with Gasteiger partial charge in [-0.15, -0.1) is 0 Å². The highest BCUT2D eigenvalue weighted by atomic mass is 35.5. The third kappa shape index (κ3) is 4.23. The quantitative estimate of drug-likeness (QED) is 0.536. The van der Waals surface area contributed by atoms with Gasteiger partial charge in [0, 0.05) is 5.03 Å². The first-order valence-electron chi connectivity index (χ1n) is 6.72. The Kier molecular flexibility index (Phi) is 5.48. The monoisotopic (exact) mass is 282 g/mol. The highest BCUT2D eigenvalue weighted by molar-refractivity contribution is 6.45. The van der Waals surface area contributed by atoms with Crippen molar-refractivity contribution in [3.05, 3.63) is 35.4 Å². The largest absolute Gasteiger partial charge is 0.458 e. The summed E-state index contributed by atoms with van der Waals surface area (Å²) >= 11 is 5.96. The first kappa shape index (κ1) is 16.5. The summed E-state index contributed by atoms with van der Waals surface area (Å²) in [5.74, 6) is 0. The molecule has 0 bridgehead atoms. The van der Waals surface area contributed by atoms with Crippen molar-refractivity contribution in [2.45, 2.75) is 58.6 Å². The highest BCUT2D eigenvalue weighted by Gasteiger charge is 2.50. The fourth-order valence-electron chi connectivity index (χ4n) is 1.90. The van der Waals surface area contributed by atoms with Crippen LogP contribution < -0.4 is 0 Å². The Morgan fingerprint density at radius 3 is 2.16 bits per heavy atom. The van der Waals surface area contributed by atoms with Crippen LogP contribution in [0.3, 0.4) is 0 Å². The van der Waals surface area contributed by atoms with Crippen LogP contribution in [0.15, 0.2) is 35.4 Å². The molecule has 0 saturated carbocycles. The Morgan fingerprint density at radius 1 is 1.21 bits per heavy atom. The molecule has 19 heavy (non-hydrogen) atoms. The van der Waals surface area contributed by atoms with E-state index >= 15 is 0 Å². The van der Waals surface area contributed by atoms with Crippen molar-refractivity contribution in [1.29, 1.82) is 0 Å². The van der Waals surface area contributed by atoms with Crippen molar-refractivity contribution in [3.63, 3.8) is 0 Å². The highest BCUT2D eigenvalue weighted by Crippen LogP contribution is 2.38. The van der Waals surface area contributed by atoms with Crippen LogP contribution in [0.2, 0.25) is 6.32 Å². The third-order valence-corrected chi connectivity index (χ3v) is 4.12. The van der Waals surface area contributed by atoms with E-state index in [1.165, 1.54) is 5.57 Å². The lowest BCUT2D eigenvalue weighted by Gasteiger charge is -2.32. The smallest absolute Gasteiger partial charge is 0.403 e. The van der Waals surface area contributed by atoms with Gasteiger partial charge in [0.15, 0.2) is 0 Å². The molecule has 0 aromatic heterocycles. The average Bonchev–Trinajstić information content (AvgIpc) is 2.52. The zero-order valence-corrected chi connectivity index (χ0v) is 13.4. The van der Waals surface area contributed by atoms with Gasteiger partial charge in [-0.2, -0.15) is 0 Å². The molecule has 1 aliphatic heterocycles. The predicted molar refractivity (Wildman–Crippen MR) is 83.4 cm³/mol. The fraction of sp³-hybridized carbons (Fsp3) is 0.600. The number of halogens is 1. The summed E-state index contributed by atoms with van der Waals surface area (Å²) in [7, 11) is -0.157. The van der Waals surface area contributed by atoms with Crippen molar-refractivity contribution in [3.8, 4) is 0 Å². The molecule has 0 amide bonds. The van der Waals surface area contributed by atoms with Gasteiger partial charge < -0.3 is 9.31 Å². The second-order valence-corrected chi connectivity index (χ2v) is 6.26. The Bertz CT molecular complexity index is 381. The number of hydrogen-bond acceptors (Lipinski definition) is 2. The molecular weight excluding hydrogens is 258 g/mol. The lowest BCUT2D eigenvalue weighted by molar-refractivity contribution is 0.00578. The molecule has 1 saturated heterocycles. The van der Waals surface area contributed by atoms with E-state index in [2.05, 4.69) is 40.3 Å². The van der Waals surface area contributed by atoms with E-state index in [-0.39, 0.29) is 18.3 Å². The van der Waals surface area contributed by atoms with Gasteiger partial charge >= 0.3 is 7.12 Å². The van der Waals surface area contributed by atoms with Crippen LogP contribution in [0.1, 0.15) is 41.0 Å². The summed E-state index contributed by atoms with van der Waals surface area (Å²) in [4.78, 5) is 0. The van der Waals surface area contributed by atoms with Gasteiger partial charge in [0.2, 0.25) is 0 Å². The van der Waals surface area contributed by atoms with E-state index in [9.17, 15) is 0 Å². The molecule has 1 rings (SSSR count). The average molecular weight is 283 g/mol. The molecule has 0 aromatic carbocycles. The third-order valence-electron chi connectivity index (χ3n) is 3.86. The maximum Gasteiger partial charge on any atom is 0.458 e. The summed E-state index contributed by atoms with van der Waals surface area (Å²) in [6.07, 6.45) is 7.32. The van der Waals surface area contributed by atoms with Crippen LogP contribution in [-0.4, -0.2) is 18.3 Å². The molecule has 1 heterocycles. The molecule has 0 spiro atoms. The normalized spacial score (nSPS) is 22.7. The van der Waals surface area contributed by atoms with Crippen LogP contribution in [-0.2, 0) is 9.31 Å². The van der Waals surface area contributed by atoms with Gasteiger partial charge in [0.1, 0.15) is 0 Å². The van der Waals surface area contributed by atoms with Crippen LogP contribution in [0.5, 0.6) is 0 Å². The first-order valence-corrected chi connectivity index (χ1v) is 7.10. The lowest BCUT2D eigenvalue weighted by atomic mass is 9.81. The van der Waals surface area contributed by atoms with E-state index in [4.69, 9.17) is 20.9 Å². The molecule has 0 N–H and O–H groups in total. The molecule has 0 unspecified atom stereocenters.